The van der Waals surface area contributed by atoms with Gasteiger partial charge in [0.25, 0.3) is 0 Å². The van der Waals surface area contributed by atoms with Crippen molar-refractivity contribution in [2.24, 2.45) is 0 Å². The first kappa shape index (κ1) is 66.3. The summed E-state index contributed by atoms with van der Waals surface area (Å²) >= 11 is 0. The van der Waals surface area contributed by atoms with Crippen molar-refractivity contribution >= 4 is 17.9 Å². The Morgan fingerprint density at radius 3 is 1.00 bits per heavy atom. The van der Waals surface area contributed by atoms with Crippen LogP contribution in [-0.4, -0.2) is 37.2 Å². The largest absolute Gasteiger partial charge is 0.462 e. The third-order valence-electron chi connectivity index (χ3n) is 12.4. The van der Waals surface area contributed by atoms with Crippen LogP contribution < -0.4 is 0 Å². The molecule has 0 rings (SSSR count). The van der Waals surface area contributed by atoms with Crippen molar-refractivity contribution in [3.8, 4) is 0 Å². The summed E-state index contributed by atoms with van der Waals surface area (Å²) < 4.78 is 16.8. The molecule has 6 heteroatoms. The Morgan fingerprint density at radius 2 is 0.614 bits per heavy atom. The Hall–Kier alpha value is -3.67. The van der Waals surface area contributed by atoms with Crippen molar-refractivity contribution in [2.75, 3.05) is 13.2 Å². The summed E-state index contributed by atoms with van der Waals surface area (Å²) in [5.74, 6) is -0.941. The van der Waals surface area contributed by atoms with Crippen molar-refractivity contribution in [3.63, 3.8) is 0 Å². The second-order valence-corrected chi connectivity index (χ2v) is 19.3. The summed E-state index contributed by atoms with van der Waals surface area (Å²) in [6.07, 6.45) is 76.8. The first-order valence-electron chi connectivity index (χ1n) is 29.3. The summed E-state index contributed by atoms with van der Waals surface area (Å²) in [6, 6.07) is 0. The van der Waals surface area contributed by atoms with E-state index >= 15 is 0 Å². The van der Waals surface area contributed by atoms with Gasteiger partial charge in [-0.2, -0.15) is 0 Å². The Bertz CT molecular complexity index is 1400. The van der Waals surface area contributed by atoms with E-state index in [0.717, 1.165) is 135 Å². The molecule has 0 aromatic rings. The first-order valence-corrected chi connectivity index (χ1v) is 29.3. The molecule has 0 heterocycles. The van der Waals surface area contributed by atoms with Crippen LogP contribution in [0.15, 0.2) is 97.2 Å². The molecule has 0 aromatic heterocycles. The van der Waals surface area contributed by atoms with Crippen LogP contribution in [0.1, 0.15) is 271 Å². The summed E-state index contributed by atoms with van der Waals surface area (Å²) in [5, 5.41) is 0. The second-order valence-electron chi connectivity index (χ2n) is 19.3. The fraction of sp³-hybridized carbons (Fsp3) is 0.703. The van der Waals surface area contributed by atoms with Crippen molar-refractivity contribution in [1.29, 1.82) is 0 Å². The molecule has 0 aliphatic heterocycles. The molecular formula is C64H108O6. The van der Waals surface area contributed by atoms with Gasteiger partial charge in [-0.3, -0.25) is 14.4 Å². The predicted octanol–water partition coefficient (Wildman–Crippen LogP) is 19.7. The van der Waals surface area contributed by atoms with Crippen molar-refractivity contribution in [2.45, 2.75) is 277 Å². The van der Waals surface area contributed by atoms with E-state index in [1.54, 1.807) is 0 Å². The second kappa shape index (κ2) is 57.9. The number of carbonyl (C=O) groups is 3. The quantitative estimate of drug-likeness (QED) is 0.0199. The Morgan fingerprint density at radius 1 is 0.314 bits per heavy atom. The van der Waals surface area contributed by atoms with E-state index in [4.69, 9.17) is 14.2 Å². The standard InChI is InChI=1S/C64H108O6/c1-4-7-10-13-16-19-22-25-28-31-33-36-39-42-45-48-51-54-57-63(66)69-60-61(59-68-62(65)56-53-50-47-44-41-38-35-30-27-24-21-18-15-12-9-6-3)70-64(67)58-55-52-49-46-43-40-37-34-32-29-26-23-20-17-14-11-8-5-2/h9,12,18,21-22,25,27-34,36-37,61H,4-8,10-11,13-17,19-20,23-24,26,35,38-60H2,1-3H3/b12-9-,21-18-,25-22-,30-27-,31-28-,32-29-,36-33-,37-34-. The lowest BCUT2D eigenvalue weighted by molar-refractivity contribution is -0.167. The third-order valence-corrected chi connectivity index (χ3v) is 12.4. The van der Waals surface area contributed by atoms with Crippen LogP contribution in [0.5, 0.6) is 0 Å². The van der Waals surface area contributed by atoms with Gasteiger partial charge < -0.3 is 14.2 Å². The maximum absolute atomic E-state index is 12.9. The van der Waals surface area contributed by atoms with E-state index in [1.807, 2.05) is 0 Å². The molecule has 0 fully saturated rings. The normalized spacial score (nSPS) is 12.8. The van der Waals surface area contributed by atoms with Crippen molar-refractivity contribution in [3.05, 3.63) is 97.2 Å². The van der Waals surface area contributed by atoms with Gasteiger partial charge >= 0.3 is 17.9 Å². The molecule has 0 aliphatic carbocycles. The molecule has 6 nitrogen and oxygen atoms in total. The summed E-state index contributed by atoms with van der Waals surface area (Å²) in [6.45, 7) is 6.48. The van der Waals surface area contributed by atoms with Crippen molar-refractivity contribution < 1.29 is 28.6 Å². The van der Waals surface area contributed by atoms with Crippen LogP contribution in [0, 0.1) is 0 Å². The summed E-state index contributed by atoms with van der Waals surface area (Å²) in [5.41, 5.74) is 0. The van der Waals surface area contributed by atoms with Gasteiger partial charge in [0.2, 0.25) is 0 Å². The number of unbranched alkanes of at least 4 members (excludes halogenated alkanes) is 28. The Labute approximate surface area is 432 Å². The molecule has 70 heavy (non-hydrogen) atoms. The lowest BCUT2D eigenvalue weighted by Gasteiger charge is -2.18. The molecule has 1 unspecified atom stereocenters. The fourth-order valence-electron chi connectivity index (χ4n) is 7.98. The predicted molar refractivity (Wildman–Crippen MR) is 302 cm³/mol. The zero-order chi connectivity index (χ0) is 50.7. The van der Waals surface area contributed by atoms with Gasteiger partial charge in [-0.05, 0) is 103 Å². The minimum absolute atomic E-state index is 0.0982. The zero-order valence-electron chi connectivity index (χ0n) is 45.8. The van der Waals surface area contributed by atoms with Gasteiger partial charge in [-0.15, -0.1) is 0 Å². The average molecular weight is 974 g/mol. The Kier molecular flexibility index (Phi) is 54.9. The molecule has 0 spiro atoms. The maximum Gasteiger partial charge on any atom is 0.306 e. The molecule has 1 atom stereocenters. The van der Waals surface area contributed by atoms with Gasteiger partial charge in [0, 0.05) is 19.3 Å². The minimum atomic E-state index is -0.802. The van der Waals surface area contributed by atoms with Crippen LogP contribution >= 0.6 is 0 Å². The number of ether oxygens (including phenoxy) is 3. The molecule has 0 amide bonds. The summed E-state index contributed by atoms with van der Waals surface area (Å²) in [7, 11) is 0. The van der Waals surface area contributed by atoms with Gasteiger partial charge in [0.05, 0.1) is 0 Å². The van der Waals surface area contributed by atoms with E-state index in [0.29, 0.717) is 19.3 Å². The van der Waals surface area contributed by atoms with Crippen LogP contribution in [0.4, 0.5) is 0 Å². The van der Waals surface area contributed by atoms with Gasteiger partial charge in [0.15, 0.2) is 6.10 Å². The van der Waals surface area contributed by atoms with Crippen LogP contribution in [0.2, 0.25) is 0 Å². The third kappa shape index (κ3) is 55.3. The zero-order valence-corrected chi connectivity index (χ0v) is 45.8. The molecule has 0 bridgehead atoms. The lowest BCUT2D eigenvalue weighted by atomic mass is 10.1. The SMILES string of the molecule is CC/C=C\C/C=C\C/C=C\CCCCCCCCC(=O)OCC(COC(=O)CCCCCCC\C=C/C=C\C=C/CCCCCCC)OC(=O)CCCCCCC/C=C\C=C/CCCCCCCCC. The highest BCUT2D eigenvalue weighted by Gasteiger charge is 2.19. The highest BCUT2D eigenvalue weighted by atomic mass is 16.6. The fourth-order valence-corrected chi connectivity index (χ4v) is 7.98. The van der Waals surface area contributed by atoms with E-state index in [9.17, 15) is 14.4 Å². The van der Waals surface area contributed by atoms with Gasteiger partial charge in [-0.1, -0.05) is 246 Å². The number of rotatable bonds is 52. The molecule has 0 radical (unpaired) electrons. The number of hydrogen-bond acceptors (Lipinski definition) is 6. The van der Waals surface area contributed by atoms with E-state index in [1.165, 1.54) is 96.3 Å². The van der Waals surface area contributed by atoms with E-state index < -0.39 is 6.10 Å². The number of esters is 3. The average Bonchev–Trinajstić information content (AvgIpc) is 3.36. The Balaban J connectivity index is 4.48. The highest BCUT2D eigenvalue weighted by molar-refractivity contribution is 5.71. The summed E-state index contributed by atoms with van der Waals surface area (Å²) in [4.78, 5) is 38.2. The molecule has 0 aliphatic rings. The monoisotopic (exact) mass is 973 g/mol. The molecular weight excluding hydrogens is 865 g/mol. The van der Waals surface area contributed by atoms with E-state index in [-0.39, 0.29) is 31.1 Å². The van der Waals surface area contributed by atoms with Gasteiger partial charge in [0.1, 0.15) is 13.2 Å². The molecule has 0 aromatic carbocycles. The number of carbonyl (C=O) groups excluding carboxylic acids is 3. The topological polar surface area (TPSA) is 78.9 Å². The maximum atomic E-state index is 12.9. The minimum Gasteiger partial charge on any atom is -0.462 e. The molecule has 0 N–H and O–H groups in total. The first-order chi connectivity index (χ1) is 34.5. The van der Waals surface area contributed by atoms with Crippen molar-refractivity contribution in [1.82, 2.24) is 0 Å². The number of hydrogen-bond donors (Lipinski definition) is 0. The lowest BCUT2D eigenvalue weighted by Crippen LogP contribution is -2.30. The van der Waals surface area contributed by atoms with Crippen LogP contribution in [0.25, 0.3) is 0 Å². The van der Waals surface area contributed by atoms with E-state index in [2.05, 4.69) is 118 Å². The smallest absolute Gasteiger partial charge is 0.306 e. The van der Waals surface area contributed by atoms with Crippen LogP contribution in [0.3, 0.4) is 0 Å². The van der Waals surface area contributed by atoms with Crippen LogP contribution in [-0.2, 0) is 28.6 Å². The van der Waals surface area contributed by atoms with Gasteiger partial charge in [-0.25, -0.2) is 0 Å². The number of allylic oxidation sites excluding steroid dienone is 16. The molecule has 0 saturated carbocycles. The highest BCUT2D eigenvalue weighted by Crippen LogP contribution is 2.14. The molecule has 400 valence electrons. The molecule has 0 saturated heterocycles.